The highest BCUT2D eigenvalue weighted by Crippen LogP contribution is 2.31. The summed E-state index contributed by atoms with van der Waals surface area (Å²) in [5, 5.41) is 9.33. The van der Waals surface area contributed by atoms with Crippen molar-refractivity contribution in [3.8, 4) is 17.2 Å². The van der Waals surface area contributed by atoms with Crippen LogP contribution in [0.1, 0.15) is 29.7 Å². The number of carboxylic acid groups (broad SMARTS) is 1. The van der Waals surface area contributed by atoms with Crippen molar-refractivity contribution in [2.24, 2.45) is 0 Å². The third-order valence-corrected chi connectivity index (χ3v) is 5.33. The SMILES string of the molecule is O=C(O)C1CCCN1Cc1cccc(OCc2coc(-c3ccc(C(F)(F)F)cc3)n2)c1. The van der Waals surface area contributed by atoms with Crippen molar-refractivity contribution in [2.45, 2.75) is 38.2 Å². The van der Waals surface area contributed by atoms with Gasteiger partial charge in [0.25, 0.3) is 0 Å². The average molecular weight is 446 g/mol. The summed E-state index contributed by atoms with van der Waals surface area (Å²) in [6.07, 6.45) is -1.48. The molecular formula is C23H21F3N2O4. The lowest BCUT2D eigenvalue weighted by Crippen LogP contribution is -2.35. The van der Waals surface area contributed by atoms with Crippen molar-refractivity contribution in [3.05, 3.63) is 71.6 Å². The summed E-state index contributed by atoms with van der Waals surface area (Å²) >= 11 is 0. The summed E-state index contributed by atoms with van der Waals surface area (Å²) < 4.78 is 49.3. The molecule has 1 N–H and O–H groups in total. The predicted octanol–water partition coefficient (Wildman–Crippen LogP) is 4.99. The smallest absolute Gasteiger partial charge is 0.416 e. The minimum Gasteiger partial charge on any atom is -0.487 e. The highest BCUT2D eigenvalue weighted by Gasteiger charge is 2.31. The Balaban J connectivity index is 1.37. The molecule has 0 saturated carbocycles. The van der Waals surface area contributed by atoms with Crippen molar-refractivity contribution >= 4 is 5.97 Å². The summed E-state index contributed by atoms with van der Waals surface area (Å²) in [6, 6.07) is 11.5. The van der Waals surface area contributed by atoms with E-state index in [1.807, 2.05) is 23.1 Å². The summed E-state index contributed by atoms with van der Waals surface area (Å²) in [4.78, 5) is 17.6. The van der Waals surface area contributed by atoms with Gasteiger partial charge in [-0.25, -0.2) is 4.98 Å². The van der Waals surface area contributed by atoms with E-state index in [1.165, 1.54) is 18.4 Å². The van der Waals surface area contributed by atoms with Gasteiger partial charge in [0.15, 0.2) is 0 Å². The molecule has 1 aliphatic rings. The van der Waals surface area contributed by atoms with Gasteiger partial charge in [0, 0.05) is 12.1 Å². The Bertz CT molecular complexity index is 1080. The molecule has 3 aromatic rings. The lowest BCUT2D eigenvalue weighted by molar-refractivity contribution is -0.142. The molecule has 6 nitrogen and oxygen atoms in total. The summed E-state index contributed by atoms with van der Waals surface area (Å²) in [5.74, 6) is 0.0114. The molecule has 0 aliphatic carbocycles. The second kappa shape index (κ2) is 9.04. The zero-order valence-electron chi connectivity index (χ0n) is 17.0. The van der Waals surface area contributed by atoms with E-state index in [-0.39, 0.29) is 12.5 Å². The van der Waals surface area contributed by atoms with Gasteiger partial charge in [0.05, 0.1) is 5.56 Å². The van der Waals surface area contributed by atoms with Crippen LogP contribution in [0.4, 0.5) is 13.2 Å². The summed E-state index contributed by atoms with van der Waals surface area (Å²) in [7, 11) is 0. The third kappa shape index (κ3) is 5.11. The second-order valence-corrected chi connectivity index (χ2v) is 7.62. The topological polar surface area (TPSA) is 75.8 Å². The number of hydrogen-bond donors (Lipinski definition) is 1. The van der Waals surface area contributed by atoms with Crippen LogP contribution in [-0.4, -0.2) is 33.5 Å². The highest BCUT2D eigenvalue weighted by molar-refractivity contribution is 5.73. The monoisotopic (exact) mass is 446 g/mol. The summed E-state index contributed by atoms with van der Waals surface area (Å²) in [6.45, 7) is 1.39. The maximum absolute atomic E-state index is 12.7. The molecule has 2 heterocycles. The van der Waals surface area contributed by atoms with Crippen LogP contribution >= 0.6 is 0 Å². The molecule has 1 saturated heterocycles. The molecule has 1 unspecified atom stereocenters. The number of likely N-dealkylation sites (tertiary alicyclic amines) is 1. The van der Waals surface area contributed by atoms with E-state index in [0.29, 0.717) is 30.0 Å². The molecule has 2 aromatic carbocycles. The van der Waals surface area contributed by atoms with Crippen LogP contribution in [0.2, 0.25) is 0 Å². The number of carbonyl (C=O) groups is 1. The van der Waals surface area contributed by atoms with Crippen molar-refractivity contribution in [2.75, 3.05) is 6.54 Å². The molecular weight excluding hydrogens is 425 g/mol. The molecule has 1 fully saturated rings. The maximum Gasteiger partial charge on any atom is 0.416 e. The minimum absolute atomic E-state index is 0.120. The van der Waals surface area contributed by atoms with E-state index < -0.39 is 23.8 Å². The number of aromatic nitrogens is 1. The standard InChI is InChI=1S/C23H21F3N2O4/c24-23(25,26)17-8-6-16(7-9-17)21-27-18(14-32-21)13-31-19-4-1-3-15(11-19)12-28-10-2-5-20(28)22(29)30/h1,3-4,6-9,11,14,20H,2,5,10,12-13H2,(H,29,30). The van der Waals surface area contributed by atoms with Gasteiger partial charge < -0.3 is 14.3 Å². The zero-order chi connectivity index (χ0) is 22.7. The third-order valence-electron chi connectivity index (χ3n) is 5.33. The van der Waals surface area contributed by atoms with Crippen LogP contribution in [0.3, 0.4) is 0 Å². The first-order chi connectivity index (χ1) is 15.3. The van der Waals surface area contributed by atoms with Gasteiger partial charge in [-0.1, -0.05) is 12.1 Å². The van der Waals surface area contributed by atoms with Gasteiger partial charge >= 0.3 is 12.1 Å². The minimum atomic E-state index is -4.40. The van der Waals surface area contributed by atoms with Gasteiger partial charge in [-0.2, -0.15) is 13.2 Å². The number of aliphatic carboxylic acids is 1. The van der Waals surface area contributed by atoms with Crippen molar-refractivity contribution in [1.82, 2.24) is 9.88 Å². The van der Waals surface area contributed by atoms with Gasteiger partial charge in [-0.15, -0.1) is 0 Å². The quantitative estimate of drug-likeness (QED) is 0.551. The lowest BCUT2D eigenvalue weighted by atomic mass is 10.1. The number of halogens is 3. The van der Waals surface area contributed by atoms with Crippen LogP contribution in [0.25, 0.3) is 11.5 Å². The first-order valence-electron chi connectivity index (χ1n) is 10.1. The van der Waals surface area contributed by atoms with E-state index in [0.717, 1.165) is 30.7 Å². The second-order valence-electron chi connectivity index (χ2n) is 7.62. The van der Waals surface area contributed by atoms with Crippen LogP contribution in [0, 0.1) is 0 Å². The molecule has 4 rings (SSSR count). The number of ether oxygens (including phenoxy) is 1. The number of carboxylic acids is 1. The molecule has 1 aromatic heterocycles. The molecule has 0 spiro atoms. The normalized spacial score (nSPS) is 16.9. The molecule has 168 valence electrons. The lowest BCUT2D eigenvalue weighted by Gasteiger charge is -2.21. The number of rotatable bonds is 7. The van der Waals surface area contributed by atoms with Gasteiger partial charge in [-0.05, 0) is 61.3 Å². The van der Waals surface area contributed by atoms with Gasteiger partial charge in [0.2, 0.25) is 5.89 Å². The first-order valence-corrected chi connectivity index (χ1v) is 10.1. The maximum atomic E-state index is 12.7. The van der Waals surface area contributed by atoms with Crippen LogP contribution in [0.15, 0.2) is 59.2 Å². The Morgan fingerprint density at radius 1 is 1.22 bits per heavy atom. The van der Waals surface area contributed by atoms with E-state index in [1.54, 1.807) is 6.07 Å². The Morgan fingerprint density at radius 3 is 2.72 bits per heavy atom. The van der Waals surface area contributed by atoms with Crippen LogP contribution < -0.4 is 4.74 Å². The molecule has 1 atom stereocenters. The van der Waals surface area contributed by atoms with Crippen molar-refractivity contribution < 1.29 is 32.2 Å². The van der Waals surface area contributed by atoms with Gasteiger partial charge in [0.1, 0.15) is 30.4 Å². The van der Waals surface area contributed by atoms with Crippen molar-refractivity contribution in [3.63, 3.8) is 0 Å². The zero-order valence-corrected chi connectivity index (χ0v) is 17.0. The molecule has 0 bridgehead atoms. The fourth-order valence-electron chi connectivity index (χ4n) is 3.73. The largest absolute Gasteiger partial charge is 0.487 e. The molecule has 0 amide bonds. The van der Waals surface area contributed by atoms with Crippen LogP contribution in [-0.2, 0) is 24.1 Å². The predicted molar refractivity (Wildman–Crippen MR) is 109 cm³/mol. The number of benzene rings is 2. The first kappa shape index (κ1) is 21.9. The Kier molecular flexibility index (Phi) is 6.18. The highest BCUT2D eigenvalue weighted by atomic mass is 19.4. The number of alkyl halides is 3. The van der Waals surface area contributed by atoms with E-state index in [2.05, 4.69) is 4.98 Å². The Hall–Kier alpha value is -3.33. The van der Waals surface area contributed by atoms with E-state index in [4.69, 9.17) is 9.15 Å². The average Bonchev–Trinajstić information content (AvgIpc) is 3.42. The molecule has 9 heteroatoms. The molecule has 0 radical (unpaired) electrons. The Labute approximate surface area is 182 Å². The van der Waals surface area contributed by atoms with Crippen LogP contribution in [0.5, 0.6) is 5.75 Å². The van der Waals surface area contributed by atoms with E-state index in [9.17, 15) is 23.1 Å². The Morgan fingerprint density at radius 2 is 2.00 bits per heavy atom. The number of hydrogen-bond acceptors (Lipinski definition) is 5. The molecule has 1 aliphatic heterocycles. The number of nitrogens with zero attached hydrogens (tertiary/aromatic N) is 2. The van der Waals surface area contributed by atoms with E-state index >= 15 is 0 Å². The van der Waals surface area contributed by atoms with Gasteiger partial charge in [-0.3, -0.25) is 9.69 Å². The van der Waals surface area contributed by atoms with Crippen molar-refractivity contribution in [1.29, 1.82) is 0 Å². The fraction of sp³-hybridized carbons (Fsp3) is 0.304. The number of oxazole rings is 1. The summed E-state index contributed by atoms with van der Waals surface area (Å²) in [5.41, 5.74) is 1.14. The molecule has 32 heavy (non-hydrogen) atoms. The fourth-order valence-corrected chi connectivity index (χ4v) is 3.73.